The molecule has 3 heteroatoms. The molecule has 0 bridgehead atoms. The lowest BCUT2D eigenvalue weighted by Gasteiger charge is -1.98. The van der Waals surface area contributed by atoms with Crippen molar-refractivity contribution in [2.75, 3.05) is 13.2 Å². The summed E-state index contributed by atoms with van der Waals surface area (Å²) in [5.74, 6) is 0. The van der Waals surface area contributed by atoms with Crippen molar-refractivity contribution in [3.8, 4) is 0 Å². The van der Waals surface area contributed by atoms with E-state index < -0.39 is 0 Å². The zero-order valence-corrected chi connectivity index (χ0v) is 6.36. The Morgan fingerprint density at radius 1 is 1.27 bits per heavy atom. The summed E-state index contributed by atoms with van der Waals surface area (Å²) in [7, 11) is 1.72. The van der Waals surface area contributed by atoms with E-state index in [4.69, 9.17) is 10.4 Å². The Morgan fingerprint density at radius 3 is 2.64 bits per heavy atom. The average molecular weight is 148 g/mol. The number of benzene rings is 1. The summed E-state index contributed by atoms with van der Waals surface area (Å²) in [5.41, 5.74) is 6.32. The third kappa shape index (κ3) is 3.21. The molecule has 0 aromatic heterocycles. The van der Waals surface area contributed by atoms with Crippen molar-refractivity contribution in [1.82, 2.24) is 0 Å². The van der Waals surface area contributed by atoms with Crippen molar-refractivity contribution in [1.29, 1.82) is 0 Å². The highest BCUT2D eigenvalue weighted by Gasteiger charge is 1.93. The van der Waals surface area contributed by atoms with Crippen LogP contribution in [0.2, 0.25) is 0 Å². The summed E-state index contributed by atoms with van der Waals surface area (Å²) in [6.07, 6.45) is 0. The van der Waals surface area contributed by atoms with Crippen molar-refractivity contribution < 1.29 is 4.65 Å². The van der Waals surface area contributed by atoms with Crippen molar-refractivity contribution in [3.63, 3.8) is 0 Å². The Kier molecular flexibility index (Phi) is 3.73. The van der Waals surface area contributed by atoms with Gasteiger partial charge in [0.2, 0.25) is 0 Å². The largest absolute Gasteiger partial charge is 0.433 e. The molecule has 0 fully saturated rings. The second kappa shape index (κ2) is 4.94. The van der Waals surface area contributed by atoms with Crippen molar-refractivity contribution >= 4 is 12.9 Å². The van der Waals surface area contributed by atoms with Crippen LogP contribution in [0.4, 0.5) is 0 Å². The molecule has 11 heavy (non-hydrogen) atoms. The van der Waals surface area contributed by atoms with Gasteiger partial charge < -0.3 is 10.4 Å². The molecule has 0 unspecified atom stereocenters. The van der Waals surface area contributed by atoms with Gasteiger partial charge in [-0.1, -0.05) is 35.8 Å². The number of nitrogens with two attached hydrogens (primary N) is 1. The van der Waals surface area contributed by atoms with E-state index in [9.17, 15) is 0 Å². The fourth-order valence-electron chi connectivity index (χ4n) is 0.755. The molecule has 0 aliphatic heterocycles. The van der Waals surface area contributed by atoms with E-state index in [2.05, 4.69) is 0 Å². The van der Waals surface area contributed by atoms with Crippen LogP contribution in [0.25, 0.3) is 0 Å². The minimum atomic E-state index is 0.559. The SMILES string of the molecule is NCCO[B]c1ccccc1. The number of hydrogen-bond donors (Lipinski definition) is 1. The summed E-state index contributed by atoms with van der Waals surface area (Å²) >= 11 is 0. The fraction of sp³-hybridized carbons (Fsp3) is 0.250. The van der Waals surface area contributed by atoms with E-state index in [1.54, 1.807) is 7.48 Å². The van der Waals surface area contributed by atoms with Gasteiger partial charge in [0.1, 0.15) is 0 Å². The van der Waals surface area contributed by atoms with Crippen LogP contribution in [0.5, 0.6) is 0 Å². The second-order valence-corrected chi connectivity index (χ2v) is 2.19. The molecule has 0 saturated carbocycles. The molecule has 2 nitrogen and oxygen atoms in total. The van der Waals surface area contributed by atoms with E-state index in [0.717, 1.165) is 5.46 Å². The molecule has 2 N–H and O–H groups in total. The first-order valence-electron chi connectivity index (χ1n) is 3.63. The Morgan fingerprint density at radius 2 is 2.00 bits per heavy atom. The molecule has 1 radical (unpaired) electrons. The minimum Gasteiger partial charge on any atom is -0.433 e. The van der Waals surface area contributed by atoms with Gasteiger partial charge >= 0.3 is 7.48 Å². The highest BCUT2D eigenvalue weighted by atomic mass is 16.4. The van der Waals surface area contributed by atoms with Gasteiger partial charge in [0, 0.05) is 13.2 Å². The molecule has 0 aliphatic carbocycles. The summed E-state index contributed by atoms with van der Waals surface area (Å²) in [5, 5.41) is 0. The van der Waals surface area contributed by atoms with Gasteiger partial charge in [0.25, 0.3) is 0 Å². The number of hydrogen-bond acceptors (Lipinski definition) is 2. The van der Waals surface area contributed by atoms with Crippen LogP contribution in [0.1, 0.15) is 0 Å². The van der Waals surface area contributed by atoms with Gasteiger partial charge in [-0.2, -0.15) is 0 Å². The average Bonchev–Trinajstić information content (AvgIpc) is 2.07. The second-order valence-electron chi connectivity index (χ2n) is 2.19. The molecule has 0 atom stereocenters. The molecular formula is C8H11BNO. The predicted molar refractivity (Wildman–Crippen MR) is 46.8 cm³/mol. The first kappa shape index (κ1) is 8.30. The maximum Gasteiger partial charge on any atom is 0.330 e. The first-order chi connectivity index (χ1) is 5.43. The molecular weight excluding hydrogens is 137 g/mol. The smallest absolute Gasteiger partial charge is 0.330 e. The maximum absolute atomic E-state index is 5.25. The van der Waals surface area contributed by atoms with Crippen LogP contribution >= 0.6 is 0 Å². The normalized spacial score (nSPS) is 9.55. The molecule has 1 aromatic carbocycles. The van der Waals surface area contributed by atoms with Crippen molar-refractivity contribution in [2.24, 2.45) is 5.73 Å². The molecule has 0 amide bonds. The Hall–Kier alpha value is -0.795. The third-order valence-corrected chi connectivity index (χ3v) is 1.25. The lowest BCUT2D eigenvalue weighted by Crippen LogP contribution is -2.20. The topological polar surface area (TPSA) is 35.2 Å². The van der Waals surface area contributed by atoms with Crippen LogP contribution in [0.15, 0.2) is 30.3 Å². The quantitative estimate of drug-likeness (QED) is 0.478. The lowest BCUT2D eigenvalue weighted by atomic mass is 9.88. The Balaban J connectivity index is 2.28. The van der Waals surface area contributed by atoms with E-state index in [0.29, 0.717) is 13.2 Å². The molecule has 0 saturated heterocycles. The van der Waals surface area contributed by atoms with Crippen LogP contribution in [-0.2, 0) is 4.65 Å². The maximum atomic E-state index is 5.25. The van der Waals surface area contributed by atoms with Gasteiger partial charge in [-0.25, -0.2) is 0 Å². The van der Waals surface area contributed by atoms with Gasteiger partial charge in [-0.3, -0.25) is 0 Å². The van der Waals surface area contributed by atoms with Crippen molar-refractivity contribution in [3.05, 3.63) is 30.3 Å². The minimum absolute atomic E-state index is 0.559. The standard InChI is InChI=1S/C8H11BNO/c10-6-7-11-9-8-4-2-1-3-5-8/h1-5H,6-7,10H2. The van der Waals surface area contributed by atoms with Crippen LogP contribution < -0.4 is 11.2 Å². The molecule has 0 heterocycles. The molecule has 0 aliphatic rings. The zero-order valence-electron chi connectivity index (χ0n) is 6.36. The highest BCUT2D eigenvalue weighted by molar-refractivity contribution is 6.46. The molecule has 1 aromatic rings. The predicted octanol–water partition coefficient (Wildman–Crippen LogP) is -0.0936. The number of rotatable bonds is 4. The molecule has 1 rings (SSSR count). The third-order valence-electron chi connectivity index (χ3n) is 1.25. The van der Waals surface area contributed by atoms with Crippen LogP contribution in [-0.4, -0.2) is 20.6 Å². The van der Waals surface area contributed by atoms with Crippen LogP contribution in [0.3, 0.4) is 0 Å². The van der Waals surface area contributed by atoms with Gasteiger partial charge in [0.15, 0.2) is 0 Å². The van der Waals surface area contributed by atoms with E-state index in [1.807, 2.05) is 30.3 Å². The molecule has 0 spiro atoms. The van der Waals surface area contributed by atoms with Gasteiger partial charge in [-0.15, -0.1) is 0 Å². The summed E-state index contributed by atoms with van der Waals surface area (Å²) in [6.45, 7) is 1.14. The van der Waals surface area contributed by atoms with Gasteiger partial charge in [0.05, 0.1) is 0 Å². The summed E-state index contributed by atoms with van der Waals surface area (Å²) in [6, 6.07) is 9.88. The summed E-state index contributed by atoms with van der Waals surface area (Å²) in [4.78, 5) is 0. The summed E-state index contributed by atoms with van der Waals surface area (Å²) < 4.78 is 5.12. The monoisotopic (exact) mass is 148 g/mol. The van der Waals surface area contributed by atoms with Crippen LogP contribution in [0, 0.1) is 0 Å². The van der Waals surface area contributed by atoms with Crippen molar-refractivity contribution in [2.45, 2.75) is 0 Å². The first-order valence-corrected chi connectivity index (χ1v) is 3.63. The Labute approximate surface area is 67.6 Å². The lowest BCUT2D eigenvalue weighted by molar-refractivity contribution is 0.353. The zero-order chi connectivity index (χ0) is 7.94. The fourth-order valence-corrected chi connectivity index (χ4v) is 0.755. The highest BCUT2D eigenvalue weighted by Crippen LogP contribution is 1.81. The van der Waals surface area contributed by atoms with E-state index in [-0.39, 0.29) is 0 Å². The molecule has 57 valence electrons. The van der Waals surface area contributed by atoms with E-state index in [1.165, 1.54) is 0 Å². The Bertz CT molecular complexity index is 191. The van der Waals surface area contributed by atoms with E-state index >= 15 is 0 Å². The van der Waals surface area contributed by atoms with Gasteiger partial charge in [-0.05, 0) is 0 Å².